The first-order chi connectivity index (χ1) is 13.2. The molecule has 0 saturated carbocycles. The SMILES string of the molecule is O=C(NCC1CCN(Cc2ccccc2F)CC1)c1cc2ccccn2c1. The maximum absolute atomic E-state index is 13.8. The fourth-order valence-electron chi connectivity index (χ4n) is 3.73. The molecule has 1 aliphatic rings. The molecule has 140 valence electrons. The van der Waals surface area contributed by atoms with E-state index in [2.05, 4.69) is 10.2 Å². The molecule has 1 N–H and O–H groups in total. The minimum Gasteiger partial charge on any atom is -0.352 e. The molecule has 3 heterocycles. The van der Waals surface area contributed by atoms with Crippen LogP contribution in [0, 0.1) is 11.7 Å². The number of nitrogens with zero attached hydrogens (tertiary/aromatic N) is 2. The second-order valence-corrected chi connectivity index (χ2v) is 7.28. The molecule has 1 aromatic carbocycles. The van der Waals surface area contributed by atoms with Crippen LogP contribution in [-0.4, -0.2) is 34.8 Å². The van der Waals surface area contributed by atoms with E-state index in [-0.39, 0.29) is 11.7 Å². The van der Waals surface area contributed by atoms with Gasteiger partial charge in [-0.3, -0.25) is 9.69 Å². The molecule has 0 spiro atoms. The number of aromatic nitrogens is 1. The zero-order chi connectivity index (χ0) is 18.6. The first-order valence-corrected chi connectivity index (χ1v) is 9.50. The molecule has 1 amide bonds. The van der Waals surface area contributed by atoms with Crippen molar-refractivity contribution in [1.82, 2.24) is 14.6 Å². The first-order valence-electron chi connectivity index (χ1n) is 9.50. The maximum atomic E-state index is 13.8. The smallest absolute Gasteiger partial charge is 0.252 e. The molecule has 3 aromatic rings. The summed E-state index contributed by atoms with van der Waals surface area (Å²) >= 11 is 0. The molecular formula is C22H24FN3O. The quantitative estimate of drug-likeness (QED) is 0.748. The number of carbonyl (C=O) groups is 1. The number of halogens is 1. The molecule has 1 aliphatic heterocycles. The Kier molecular flexibility index (Phi) is 5.21. The van der Waals surface area contributed by atoms with Crippen molar-refractivity contribution in [2.24, 2.45) is 5.92 Å². The number of hydrogen-bond donors (Lipinski definition) is 1. The van der Waals surface area contributed by atoms with Crippen molar-refractivity contribution in [3.05, 3.63) is 77.9 Å². The number of rotatable bonds is 5. The summed E-state index contributed by atoms with van der Waals surface area (Å²) in [5.74, 6) is 0.321. The third-order valence-corrected chi connectivity index (χ3v) is 5.38. The van der Waals surface area contributed by atoms with Gasteiger partial charge in [-0.2, -0.15) is 0 Å². The summed E-state index contributed by atoms with van der Waals surface area (Å²) in [5, 5.41) is 3.07. The molecule has 1 fully saturated rings. The van der Waals surface area contributed by atoms with E-state index in [4.69, 9.17) is 0 Å². The van der Waals surface area contributed by atoms with Crippen molar-refractivity contribution in [2.75, 3.05) is 19.6 Å². The number of pyridine rings is 1. The molecule has 2 aromatic heterocycles. The van der Waals surface area contributed by atoms with Gasteiger partial charge in [0, 0.05) is 36.6 Å². The van der Waals surface area contributed by atoms with E-state index in [1.165, 1.54) is 6.07 Å². The lowest BCUT2D eigenvalue weighted by molar-refractivity contribution is 0.0935. The average molecular weight is 365 g/mol. The van der Waals surface area contributed by atoms with Crippen LogP contribution >= 0.6 is 0 Å². The standard InChI is InChI=1S/C22H24FN3O/c23-21-7-2-1-5-18(21)15-25-11-8-17(9-12-25)14-24-22(27)19-13-20-6-3-4-10-26(20)16-19/h1-7,10,13,16-17H,8-9,11-12,14-15H2,(H,24,27). The minimum absolute atomic E-state index is 0.0208. The van der Waals surface area contributed by atoms with Crippen LogP contribution in [0.2, 0.25) is 0 Å². The van der Waals surface area contributed by atoms with E-state index >= 15 is 0 Å². The largest absolute Gasteiger partial charge is 0.352 e. The maximum Gasteiger partial charge on any atom is 0.252 e. The highest BCUT2D eigenvalue weighted by molar-refractivity contribution is 5.95. The lowest BCUT2D eigenvalue weighted by Crippen LogP contribution is -2.38. The Balaban J connectivity index is 1.25. The average Bonchev–Trinajstić information content (AvgIpc) is 3.13. The second-order valence-electron chi connectivity index (χ2n) is 7.28. The summed E-state index contributed by atoms with van der Waals surface area (Å²) in [5.41, 5.74) is 2.47. The van der Waals surface area contributed by atoms with Crippen LogP contribution in [0.1, 0.15) is 28.8 Å². The lowest BCUT2D eigenvalue weighted by Gasteiger charge is -2.32. The lowest BCUT2D eigenvalue weighted by atomic mass is 9.96. The van der Waals surface area contributed by atoms with E-state index in [0.717, 1.165) is 37.0 Å². The van der Waals surface area contributed by atoms with Crippen molar-refractivity contribution in [3.63, 3.8) is 0 Å². The van der Waals surface area contributed by atoms with Crippen molar-refractivity contribution in [1.29, 1.82) is 0 Å². The number of fused-ring (bicyclic) bond motifs is 1. The predicted molar refractivity (Wildman–Crippen MR) is 104 cm³/mol. The molecule has 1 saturated heterocycles. The molecule has 5 heteroatoms. The molecule has 0 radical (unpaired) electrons. The molecule has 0 bridgehead atoms. The minimum atomic E-state index is -0.133. The third kappa shape index (κ3) is 4.19. The van der Waals surface area contributed by atoms with Gasteiger partial charge in [-0.05, 0) is 56.1 Å². The molecule has 4 rings (SSSR count). The Labute approximate surface area is 158 Å². The van der Waals surface area contributed by atoms with E-state index in [9.17, 15) is 9.18 Å². The normalized spacial score (nSPS) is 15.9. The van der Waals surface area contributed by atoms with Crippen LogP contribution in [0.5, 0.6) is 0 Å². The number of piperidine rings is 1. The molecule has 0 aliphatic carbocycles. The van der Waals surface area contributed by atoms with Gasteiger partial charge < -0.3 is 9.72 Å². The monoisotopic (exact) mass is 365 g/mol. The van der Waals surface area contributed by atoms with Crippen LogP contribution < -0.4 is 5.32 Å². The van der Waals surface area contributed by atoms with Gasteiger partial charge in [-0.15, -0.1) is 0 Å². The summed E-state index contributed by atoms with van der Waals surface area (Å²) in [4.78, 5) is 14.7. The number of nitrogens with one attached hydrogen (secondary N) is 1. The summed E-state index contributed by atoms with van der Waals surface area (Å²) in [6.45, 7) is 3.22. The van der Waals surface area contributed by atoms with Crippen molar-refractivity contribution in [3.8, 4) is 0 Å². The van der Waals surface area contributed by atoms with Crippen LogP contribution in [0.25, 0.3) is 5.52 Å². The Morgan fingerprint density at radius 3 is 2.67 bits per heavy atom. The summed E-state index contributed by atoms with van der Waals surface area (Å²) in [6.07, 6.45) is 5.85. The molecule has 27 heavy (non-hydrogen) atoms. The summed E-state index contributed by atoms with van der Waals surface area (Å²) in [7, 11) is 0. The van der Waals surface area contributed by atoms with Crippen molar-refractivity contribution in [2.45, 2.75) is 19.4 Å². The van der Waals surface area contributed by atoms with Crippen molar-refractivity contribution >= 4 is 11.4 Å². The number of carbonyl (C=O) groups excluding carboxylic acids is 1. The molecule has 0 unspecified atom stereocenters. The number of amides is 1. The van der Waals surface area contributed by atoms with Gasteiger partial charge in [0.1, 0.15) is 5.82 Å². The van der Waals surface area contributed by atoms with Crippen LogP contribution in [0.4, 0.5) is 4.39 Å². The highest BCUT2D eigenvalue weighted by atomic mass is 19.1. The van der Waals surface area contributed by atoms with Crippen LogP contribution in [-0.2, 0) is 6.54 Å². The van der Waals surface area contributed by atoms with Gasteiger partial charge in [0.15, 0.2) is 0 Å². The van der Waals surface area contributed by atoms with E-state index in [1.807, 2.05) is 53.2 Å². The Morgan fingerprint density at radius 1 is 1.11 bits per heavy atom. The predicted octanol–water partition coefficient (Wildman–Crippen LogP) is 3.72. The number of likely N-dealkylation sites (tertiary alicyclic amines) is 1. The number of hydrogen-bond acceptors (Lipinski definition) is 2. The molecular weight excluding hydrogens is 341 g/mol. The van der Waals surface area contributed by atoms with E-state index in [1.54, 1.807) is 6.07 Å². The third-order valence-electron chi connectivity index (χ3n) is 5.38. The Morgan fingerprint density at radius 2 is 1.89 bits per heavy atom. The van der Waals surface area contributed by atoms with E-state index in [0.29, 0.717) is 24.6 Å². The van der Waals surface area contributed by atoms with Crippen LogP contribution in [0.3, 0.4) is 0 Å². The molecule has 0 atom stereocenters. The molecule has 4 nitrogen and oxygen atoms in total. The fourth-order valence-corrected chi connectivity index (χ4v) is 3.73. The van der Waals surface area contributed by atoms with Crippen LogP contribution in [0.15, 0.2) is 60.9 Å². The number of benzene rings is 1. The van der Waals surface area contributed by atoms with Crippen molar-refractivity contribution < 1.29 is 9.18 Å². The fraction of sp³-hybridized carbons (Fsp3) is 0.318. The first kappa shape index (κ1) is 17.7. The van der Waals surface area contributed by atoms with Gasteiger partial charge in [-0.25, -0.2) is 4.39 Å². The van der Waals surface area contributed by atoms with Gasteiger partial charge in [-0.1, -0.05) is 24.3 Å². The van der Waals surface area contributed by atoms with Gasteiger partial charge in [0.2, 0.25) is 0 Å². The highest BCUT2D eigenvalue weighted by Crippen LogP contribution is 2.20. The Hall–Kier alpha value is -2.66. The summed E-state index contributed by atoms with van der Waals surface area (Å²) in [6, 6.07) is 14.8. The second kappa shape index (κ2) is 7.92. The topological polar surface area (TPSA) is 36.8 Å². The zero-order valence-electron chi connectivity index (χ0n) is 15.3. The van der Waals surface area contributed by atoms with Gasteiger partial charge in [0.05, 0.1) is 5.56 Å². The Bertz CT molecular complexity index is 895. The van der Waals surface area contributed by atoms with Gasteiger partial charge >= 0.3 is 0 Å². The zero-order valence-corrected chi connectivity index (χ0v) is 15.3. The summed E-state index contributed by atoms with van der Waals surface area (Å²) < 4.78 is 15.7. The van der Waals surface area contributed by atoms with E-state index < -0.39 is 0 Å². The van der Waals surface area contributed by atoms with Gasteiger partial charge in [0.25, 0.3) is 5.91 Å². The highest BCUT2D eigenvalue weighted by Gasteiger charge is 2.21.